The predicted octanol–water partition coefficient (Wildman–Crippen LogP) is 5.78. The third-order valence-corrected chi connectivity index (χ3v) is 4.21. The van der Waals surface area contributed by atoms with Gasteiger partial charge in [-0.1, -0.05) is 37.6 Å². The van der Waals surface area contributed by atoms with Crippen molar-refractivity contribution in [2.45, 2.75) is 20.8 Å². The molecule has 0 aliphatic heterocycles. The topological polar surface area (TPSA) is 45.1 Å². The molecule has 3 rings (SSSR count). The van der Waals surface area contributed by atoms with Gasteiger partial charge in [0.1, 0.15) is 11.6 Å². The average molecular weight is 368 g/mol. The number of aromatic nitrogens is 1. The maximum absolute atomic E-state index is 14.3. The van der Waals surface area contributed by atoms with Gasteiger partial charge >= 0.3 is 0 Å². The third-order valence-electron chi connectivity index (χ3n) is 4.21. The van der Waals surface area contributed by atoms with Crippen molar-refractivity contribution in [2.24, 2.45) is 5.92 Å². The maximum atomic E-state index is 14.3. The van der Waals surface area contributed by atoms with Gasteiger partial charge in [-0.15, -0.1) is 0 Å². The standard InChI is InChI=1S/C22H22F2N2O/c1-13(2)12-25-21-11-15(16-5-4-6-18(23)22(16)24)10-19(26-21)17-9-14(3)7-8-20(17)27/h4-11,13,27H,12H2,1-3H3,(H,25,26). The minimum absolute atomic E-state index is 0.0831. The first-order valence-corrected chi connectivity index (χ1v) is 8.85. The Bertz CT molecular complexity index is 950. The zero-order valence-corrected chi connectivity index (χ0v) is 15.6. The van der Waals surface area contributed by atoms with Gasteiger partial charge in [0.05, 0.1) is 5.69 Å². The molecule has 2 N–H and O–H groups in total. The molecule has 1 aromatic heterocycles. The highest BCUT2D eigenvalue weighted by Crippen LogP contribution is 2.34. The summed E-state index contributed by atoms with van der Waals surface area (Å²) in [6.07, 6.45) is 0. The fourth-order valence-electron chi connectivity index (χ4n) is 2.81. The number of rotatable bonds is 5. The first-order valence-electron chi connectivity index (χ1n) is 8.85. The van der Waals surface area contributed by atoms with E-state index in [-0.39, 0.29) is 11.3 Å². The molecule has 5 heteroatoms. The Balaban J connectivity index is 2.17. The first kappa shape index (κ1) is 18.8. The second-order valence-electron chi connectivity index (χ2n) is 7.02. The quantitative estimate of drug-likeness (QED) is 0.600. The lowest BCUT2D eigenvalue weighted by Gasteiger charge is -2.14. The van der Waals surface area contributed by atoms with Gasteiger partial charge in [-0.25, -0.2) is 13.8 Å². The highest BCUT2D eigenvalue weighted by molar-refractivity contribution is 5.76. The number of hydrogen-bond acceptors (Lipinski definition) is 3. The van der Waals surface area contributed by atoms with Gasteiger partial charge in [0.15, 0.2) is 11.6 Å². The molecule has 1 heterocycles. The van der Waals surface area contributed by atoms with E-state index >= 15 is 0 Å². The van der Waals surface area contributed by atoms with Crippen LogP contribution in [0.4, 0.5) is 14.6 Å². The molecule has 0 bridgehead atoms. The Kier molecular flexibility index (Phi) is 5.40. The highest BCUT2D eigenvalue weighted by Gasteiger charge is 2.15. The van der Waals surface area contributed by atoms with Crippen LogP contribution in [0.1, 0.15) is 19.4 Å². The largest absolute Gasteiger partial charge is 0.507 e. The van der Waals surface area contributed by atoms with Crippen molar-refractivity contribution in [3.63, 3.8) is 0 Å². The summed E-state index contributed by atoms with van der Waals surface area (Å²) in [6, 6.07) is 12.7. The summed E-state index contributed by atoms with van der Waals surface area (Å²) in [5.41, 5.74) is 2.64. The molecule has 0 spiro atoms. The van der Waals surface area contributed by atoms with Crippen LogP contribution in [-0.2, 0) is 0 Å². The van der Waals surface area contributed by atoms with Gasteiger partial charge in [-0.3, -0.25) is 0 Å². The van der Waals surface area contributed by atoms with E-state index in [1.807, 2.05) is 13.0 Å². The molecule has 0 saturated carbocycles. The number of aromatic hydroxyl groups is 1. The average Bonchev–Trinajstić information content (AvgIpc) is 2.64. The van der Waals surface area contributed by atoms with Crippen molar-refractivity contribution in [1.82, 2.24) is 4.98 Å². The van der Waals surface area contributed by atoms with Gasteiger partial charge in [0.2, 0.25) is 0 Å². The number of aryl methyl sites for hydroxylation is 1. The minimum Gasteiger partial charge on any atom is -0.507 e. The second-order valence-corrected chi connectivity index (χ2v) is 7.02. The number of phenolic OH excluding ortho intramolecular Hbond substituents is 1. The van der Waals surface area contributed by atoms with E-state index in [1.165, 1.54) is 12.1 Å². The second kappa shape index (κ2) is 7.74. The Morgan fingerprint density at radius 3 is 2.56 bits per heavy atom. The lowest BCUT2D eigenvalue weighted by atomic mass is 10.0. The molecule has 0 radical (unpaired) electrons. The molecule has 140 valence electrons. The number of hydrogen-bond donors (Lipinski definition) is 2. The summed E-state index contributed by atoms with van der Waals surface area (Å²) >= 11 is 0. The molecule has 0 atom stereocenters. The van der Waals surface area contributed by atoms with Gasteiger partial charge in [-0.2, -0.15) is 0 Å². The van der Waals surface area contributed by atoms with Crippen LogP contribution in [0.3, 0.4) is 0 Å². The Morgan fingerprint density at radius 1 is 1.04 bits per heavy atom. The van der Waals surface area contributed by atoms with Crippen LogP contribution in [0.2, 0.25) is 0 Å². The molecular formula is C22H22F2N2O. The number of pyridine rings is 1. The first-order chi connectivity index (χ1) is 12.8. The number of nitrogens with zero attached hydrogens (tertiary/aromatic N) is 1. The molecule has 3 aromatic rings. The van der Waals surface area contributed by atoms with E-state index in [4.69, 9.17) is 0 Å². The maximum Gasteiger partial charge on any atom is 0.166 e. The molecular weight excluding hydrogens is 346 g/mol. The van der Waals surface area contributed by atoms with E-state index in [9.17, 15) is 13.9 Å². The normalized spacial score (nSPS) is 11.0. The molecule has 0 aliphatic carbocycles. The summed E-state index contributed by atoms with van der Waals surface area (Å²) in [7, 11) is 0. The Labute approximate surface area is 157 Å². The van der Waals surface area contributed by atoms with Gasteiger partial charge in [0, 0.05) is 17.7 Å². The Morgan fingerprint density at radius 2 is 1.81 bits per heavy atom. The van der Waals surface area contributed by atoms with Crippen LogP contribution in [0.5, 0.6) is 5.75 Å². The summed E-state index contributed by atoms with van der Waals surface area (Å²) in [5.74, 6) is -0.795. The number of halogens is 2. The minimum atomic E-state index is -0.905. The zero-order chi connectivity index (χ0) is 19.6. The van der Waals surface area contributed by atoms with E-state index in [2.05, 4.69) is 24.1 Å². The molecule has 0 unspecified atom stereocenters. The summed E-state index contributed by atoms with van der Waals surface area (Å²) in [5, 5.41) is 13.5. The number of benzene rings is 2. The SMILES string of the molecule is Cc1ccc(O)c(-c2cc(-c3cccc(F)c3F)cc(NCC(C)C)n2)c1. The molecule has 0 aliphatic rings. The molecule has 27 heavy (non-hydrogen) atoms. The lowest BCUT2D eigenvalue weighted by molar-refractivity contribution is 0.477. The van der Waals surface area contributed by atoms with E-state index in [0.29, 0.717) is 35.1 Å². The number of anilines is 1. The van der Waals surface area contributed by atoms with E-state index in [0.717, 1.165) is 11.6 Å². The van der Waals surface area contributed by atoms with Crippen LogP contribution in [0, 0.1) is 24.5 Å². The summed E-state index contributed by atoms with van der Waals surface area (Å²) in [6.45, 7) is 6.73. The monoisotopic (exact) mass is 368 g/mol. The van der Waals surface area contributed by atoms with Crippen molar-refractivity contribution in [3.8, 4) is 28.1 Å². The molecule has 3 nitrogen and oxygen atoms in total. The van der Waals surface area contributed by atoms with Crippen LogP contribution in [-0.4, -0.2) is 16.6 Å². The van der Waals surface area contributed by atoms with Gasteiger partial charge in [0.25, 0.3) is 0 Å². The van der Waals surface area contributed by atoms with Crippen molar-refractivity contribution in [3.05, 3.63) is 65.7 Å². The van der Waals surface area contributed by atoms with Crippen molar-refractivity contribution >= 4 is 5.82 Å². The molecule has 0 fully saturated rings. The zero-order valence-electron chi connectivity index (χ0n) is 15.6. The molecule has 0 amide bonds. The van der Waals surface area contributed by atoms with Crippen LogP contribution >= 0.6 is 0 Å². The molecule has 2 aromatic carbocycles. The predicted molar refractivity (Wildman–Crippen MR) is 105 cm³/mol. The van der Waals surface area contributed by atoms with Crippen LogP contribution in [0.15, 0.2) is 48.5 Å². The van der Waals surface area contributed by atoms with Crippen molar-refractivity contribution in [1.29, 1.82) is 0 Å². The number of phenols is 1. The van der Waals surface area contributed by atoms with Gasteiger partial charge < -0.3 is 10.4 Å². The van der Waals surface area contributed by atoms with Crippen LogP contribution < -0.4 is 5.32 Å². The van der Waals surface area contributed by atoms with Gasteiger partial charge in [-0.05, 0) is 48.7 Å². The van der Waals surface area contributed by atoms with Crippen molar-refractivity contribution in [2.75, 3.05) is 11.9 Å². The third kappa shape index (κ3) is 4.25. The van der Waals surface area contributed by atoms with Crippen molar-refractivity contribution < 1.29 is 13.9 Å². The lowest BCUT2D eigenvalue weighted by Crippen LogP contribution is -2.09. The number of nitrogens with one attached hydrogen (secondary N) is 1. The fourth-order valence-corrected chi connectivity index (χ4v) is 2.81. The molecule has 0 saturated heterocycles. The Hall–Kier alpha value is -2.95. The van der Waals surface area contributed by atoms with E-state index in [1.54, 1.807) is 24.3 Å². The summed E-state index contributed by atoms with van der Waals surface area (Å²) in [4.78, 5) is 4.57. The fraction of sp³-hybridized carbons (Fsp3) is 0.227. The highest BCUT2D eigenvalue weighted by atomic mass is 19.2. The smallest absolute Gasteiger partial charge is 0.166 e. The van der Waals surface area contributed by atoms with E-state index < -0.39 is 11.6 Å². The van der Waals surface area contributed by atoms with Crippen LogP contribution in [0.25, 0.3) is 22.4 Å². The summed E-state index contributed by atoms with van der Waals surface area (Å²) < 4.78 is 28.1.